The number of anilines is 1. The van der Waals surface area contributed by atoms with Gasteiger partial charge in [-0.15, -0.1) is 0 Å². The zero-order valence-corrected chi connectivity index (χ0v) is 11.2. The van der Waals surface area contributed by atoms with Gasteiger partial charge in [0.2, 0.25) is 0 Å². The van der Waals surface area contributed by atoms with E-state index < -0.39 is 11.9 Å². The van der Waals surface area contributed by atoms with Crippen LogP contribution < -0.4 is 5.32 Å². The van der Waals surface area contributed by atoms with Crippen molar-refractivity contribution in [1.29, 1.82) is 5.26 Å². The first-order valence-corrected chi connectivity index (χ1v) is 6.61. The van der Waals surface area contributed by atoms with E-state index in [9.17, 15) is 9.50 Å². The predicted molar refractivity (Wildman–Crippen MR) is 72.9 cm³/mol. The summed E-state index contributed by atoms with van der Waals surface area (Å²) >= 11 is 0. The van der Waals surface area contributed by atoms with Crippen molar-refractivity contribution in [3.63, 3.8) is 0 Å². The smallest absolute Gasteiger partial charge is 0.143 e. The molecule has 2 rings (SSSR count). The topological polar surface area (TPSA) is 68.5 Å². The highest BCUT2D eigenvalue weighted by Crippen LogP contribution is 2.17. The van der Waals surface area contributed by atoms with Crippen LogP contribution in [-0.4, -0.2) is 55.5 Å². The largest absolute Gasteiger partial charge is 0.390 e. The summed E-state index contributed by atoms with van der Waals surface area (Å²) in [4.78, 5) is 2.12. The van der Waals surface area contributed by atoms with Crippen molar-refractivity contribution in [2.24, 2.45) is 0 Å². The number of benzene rings is 1. The molecule has 1 unspecified atom stereocenters. The minimum atomic E-state index is -0.581. The SMILES string of the molecule is N#Cc1c(F)cccc1NCC(O)CN1CCOCC1. The first-order valence-electron chi connectivity index (χ1n) is 6.61. The summed E-state index contributed by atoms with van der Waals surface area (Å²) in [5.41, 5.74) is 0.389. The van der Waals surface area contributed by atoms with Gasteiger partial charge in [-0.2, -0.15) is 5.26 Å². The number of halogens is 1. The zero-order valence-electron chi connectivity index (χ0n) is 11.2. The number of aliphatic hydroxyl groups excluding tert-OH is 1. The number of hydrogen-bond donors (Lipinski definition) is 2. The molecule has 6 heteroatoms. The second-order valence-electron chi connectivity index (χ2n) is 4.72. The van der Waals surface area contributed by atoms with Crippen molar-refractivity contribution >= 4 is 5.69 Å². The minimum Gasteiger partial charge on any atom is -0.390 e. The monoisotopic (exact) mass is 279 g/mol. The van der Waals surface area contributed by atoms with E-state index in [-0.39, 0.29) is 12.1 Å². The fourth-order valence-corrected chi connectivity index (χ4v) is 2.16. The maximum Gasteiger partial charge on any atom is 0.143 e. The maximum atomic E-state index is 13.4. The Morgan fingerprint density at radius 1 is 1.45 bits per heavy atom. The lowest BCUT2D eigenvalue weighted by molar-refractivity contribution is 0.0171. The predicted octanol–water partition coefficient (Wildman–Crippen LogP) is 0.802. The van der Waals surface area contributed by atoms with Crippen LogP contribution in [0, 0.1) is 17.1 Å². The van der Waals surface area contributed by atoms with Crippen LogP contribution >= 0.6 is 0 Å². The van der Waals surface area contributed by atoms with Crippen molar-refractivity contribution in [3.8, 4) is 6.07 Å². The Morgan fingerprint density at radius 2 is 2.20 bits per heavy atom. The summed E-state index contributed by atoms with van der Waals surface area (Å²) in [7, 11) is 0. The second-order valence-corrected chi connectivity index (χ2v) is 4.72. The third-order valence-electron chi connectivity index (χ3n) is 3.23. The molecule has 1 aliphatic rings. The molecule has 1 atom stereocenters. The molecule has 0 bridgehead atoms. The van der Waals surface area contributed by atoms with Crippen molar-refractivity contribution in [2.45, 2.75) is 6.10 Å². The molecule has 0 saturated carbocycles. The molecule has 0 aromatic heterocycles. The van der Waals surface area contributed by atoms with E-state index in [1.807, 2.05) is 6.07 Å². The minimum absolute atomic E-state index is 0.0222. The van der Waals surface area contributed by atoms with Gasteiger partial charge >= 0.3 is 0 Å². The van der Waals surface area contributed by atoms with Gasteiger partial charge in [-0.05, 0) is 12.1 Å². The van der Waals surface area contributed by atoms with Crippen molar-refractivity contribution < 1.29 is 14.2 Å². The first kappa shape index (κ1) is 14.7. The van der Waals surface area contributed by atoms with Gasteiger partial charge in [0.1, 0.15) is 17.4 Å². The number of ether oxygens (including phenoxy) is 1. The normalized spacial score (nSPS) is 17.4. The van der Waals surface area contributed by atoms with Crippen LogP contribution in [0.1, 0.15) is 5.56 Å². The Balaban J connectivity index is 1.85. The first-order chi connectivity index (χ1) is 9.70. The van der Waals surface area contributed by atoms with Crippen LogP contribution in [0.15, 0.2) is 18.2 Å². The van der Waals surface area contributed by atoms with Crippen LogP contribution in [0.3, 0.4) is 0 Å². The molecule has 1 fully saturated rings. The summed E-state index contributed by atoms with van der Waals surface area (Å²) in [5, 5.41) is 21.8. The fourth-order valence-electron chi connectivity index (χ4n) is 2.16. The maximum absolute atomic E-state index is 13.4. The molecule has 2 N–H and O–H groups in total. The molecule has 0 spiro atoms. The molecule has 1 saturated heterocycles. The number of β-amino-alcohol motifs (C(OH)–C–C–N with tert-alkyl or cyclic N) is 1. The third-order valence-corrected chi connectivity index (χ3v) is 3.23. The van der Waals surface area contributed by atoms with Crippen LogP contribution in [-0.2, 0) is 4.74 Å². The molecular weight excluding hydrogens is 261 g/mol. The Bertz CT molecular complexity index is 484. The van der Waals surface area contributed by atoms with Crippen molar-refractivity contribution in [2.75, 3.05) is 44.7 Å². The molecule has 1 heterocycles. The van der Waals surface area contributed by atoms with E-state index in [1.165, 1.54) is 12.1 Å². The van der Waals surface area contributed by atoms with Gasteiger partial charge in [-0.3, -0.25) is 4.90 Å². The molecule has 0 radical (unpaired) electrons. The molecule has 20 heavy (non-hydrogen) atoms. The van der Waals surface area contributed by atoms with Gasteiger partial charge in [0.15, 0.2) is 0 Å². The van der Waals surface area contributed by atoms with Gasteiger partial charge in [0, 0.05) is 26.2 Å². The summed E-state index contributed by atoms with van der Waals surface area (Å²) < 4.78 is 18.6. The molecule has 108 valence electrons. The highest BCUT2D eigenvalue weighted by Gasteiger charge is 2.15. The number of rotatable bonds is 5. The number of morpholine rings is 1. The average Bonchev–Trinajstić information content (AvgIpc) is 2.46. The van der Waals surface area contributed by atoms with Gasteiger partial charge in [-0.1, -0.05) is 6.07 Å². The second kappa shape index (κ2) is 7.20. The molecule has 1 aliphatic heterocycles. The summed E-state index contributed by atoms with van der Waals surface area (Å²) in [6.45, 7) is 3.79. The van der Waals surface area contributed by atoms with E-state index in [4.69, 9.17) is 10.00 Å². The highest BCUT2D eigenvalue weighted by molar-refractivity contribution is 5.57. The summed E-state index contributed by atoms with van der Waals surface area (Å²) in [6, 6.07) is 6.23. The van der Waals surface area contributed by atoms with E-state index in [0.717, 1.165) is 13.1 Å². The standard InChI is InChI=1S/C14H18FN3O2/c15-13-2-1-3-14(12(13)8-16)17-9-11(19)10-18-4-6-20-7-5-18/h1-3,11,17,19H,4-7,9-10H2. The Morgan fingerprint density at radius 3 is 2.90 bits per heavy atom. The Kier molecular flexibility index (Phi) is 5.30. The quantitative estimate of drug-likeness (QED) is 0.834. The molecule has 5 nitrogen and oxygen atoms in total. The Hall–Kier alpha value is -1.68. The number of nitrogens with zero attached hydrogens (tertiary/aromatic N) is 2. The van der Waals surface area contributed by atoms with Crippen LogP contribution in [0.2, 0.25) is 0 Å². The van der Waals surface area contributed by atoms with Crippen molar-refractivity contribution in [3.05, 3.63) is 29.6 Å². The molecule has 0 aliphatic carbocycles. The van der Waals surface area contributed by atoms with Crippen LogP contribution in [0.25, 0.3) is 0 Å². The van der Waals surface area contributed by atoms with Crippen LogP contribution in [0.5, 0.6) is 0 Å². The third kappa shape index (κ3) is 3.90. The van der Waals surface area contributed by atoms with E-state index in [2.05, 4.69) is 10.2 Å². The van der Waals surface area contributed by atoms with Gasteiger partial charge in [0.25, 0.3) is 0 Å². The molecule has 0 amide bonds. The zero-order chi connectivity index (χ0) is 14.4. The number of nitriles is 1. The molecule has 1 aromatic rings. The lowest BCUT2D eigenvalue weighted by Crippen LogP contribution is -2.42. The average molecular weight is 279 g/mol. The fraction of sp³-hybridized carbons (Fsp3) is 0.500. The summed E-state index contributed by atoms with van der Waals surface area (Å²) in [5.74, 6) is -0.555. The highest BCUT2D eigenvalue weighted by atomic mass is 19.1. The lowest BCUT2D eigenvalue weighted by atomic mass is 10.1. The van der Waals surface area contributed by atoms with Crippen LogP contribution in [0.4, 0.5) is 10.1 Å². The van der Waals surface area contributed by atoms with E-state index in [0.29, 0.717) is 25.4 Å². The molecular formula is C14H18FN3O2. The van der Waals surface area contributed by atoms with Gasteiger partial charge in [0.05, 0.1) is 25.0 Å². The Labute approximate surface area is 117 Å². The number of hydrogen-bond acceptors (Lipinski definition) is 5. The van der Waals surface area contributed by atoms with Gasteiger partial charge in [-0.25, -0.2) is 4.39 Å². The van der Waals surface area contributed by atoms with Crippen molar-refractivity contribution in [1.82, 2.24) is 4.90 Å². The number of nitrogens with one attached hydrogen (secondary N) is 1. The summed E-state index contributed by atoms with van der Waals surface area (Å²) in [6.07, 6.45) is -0.581. The lowest BCUT2D eigenvalue weighted by Gasteiger charge is -2.28. The number of aliphatic hydroxyl groups is 1. The van der Waals surface area contributed by atoms with Gasteiger partial charge < -0.3 is 15.2 Å². The molecule has 1 aromatic carbocycles. The van der Waals surface area contributed by atoms with E-state index in [1.54, 1.807) is 6.07 Å². The van der Waals surface area contributed by atoms with E-state index >= 15 is 0 Å².